The molecule has 3 aromatic rings. The number of nitrogens with one attached hydrogen (secondary N) is 1. The minimum absolute atomic E-state index is 0.103. The predicted molar refractivity (Wildman–Crippen MR) is 131 cm³/mol. The van der Waals surface area contributed by atoms with Crippen LogP contribution in [-0.2, 0) is 17.7 Å². The summed E-state index contributed by atoms with van der Waals surface area (Å²) in [6.07, 6.45) is -1.26. The van der Waals surface area contributed by atoms with Gasteiger partial charge in [0.2, 0.25) is 5.82 Å². The molecule has 0 aromatic carbocycles. The Labute approximate surface area is 207 Å². The number of amides is 2. The minimum atomic E-state index is -1.18. The molecule has 0 aliphatic rings. The van der Waals surface area contributed by atoms with Gasteiger partial charge in [-0.1, -0.05) is 6.07 Å². The zero-order valence-corrected chi connectivity index (χ0v) is 21.6. The van der Waals surface area contributed by atoms with E-state index in [0.29, 0.717) is 21.1 Å². The monoisotopic (exact) mass is 551 g/mol. The van der Waals surface area contributed by atoms with Crippen molar-refractivity contribution in [2.45, 2.75) is 52.3 Å². The molecule has 12 heteroatoms. The molecule has 0 unspecified atom stereocenters. The molecule has 1 atom stereocenters. The van der Waals surface area contributed by atoms with Gasteiger partial charge in [-0.3, -0.25) is 4.90 Å². The van der Waals surface area contributed by atoms with Gasteiger partial charge in [0.1, 0.15) is 17.2 Å². The fourth-order valence-corrected chi connectivity index (χ4v) is 5.75. The summed E-state index contributed by atoms with van der Waals surface area (Å²) < 4.78 is 6.49. The molecule has 2 N–H and O–H groups in total. The molecule has 33 heavy (non-hydrogen) atoms. The van der Waals surface area contributed by atoms with E-state index in [1.807, 2.05) is 30.5 Å². The van der Waals surface area contributed by atoms with Crippen LogP contribution < -0.4 is 10.2 Å². The molecule has 0 bridgehead atoms. The van der Waals surface area contributed by atoms with Gasteiger partial charge in [-0.2, -0.15) is 10.2 Å². The molecule has 3 rings (SSSR count). The van der Waals surface area contributed by atoms with Crippen LogP contribution in [-0.4, -0.2) is 38.9 Å². The normalized spacial score (nSPS) is 12.2. The predicted octanol–water partition coefficient (Wildman–Crippen LogP) is 5.53. The van der Waals surface area contributed by atoms with Crippen LogP contribution in [0.15, 0.2) is 22.0 Å². The van der Waals surface area contributed by atoms with E-state index in [-0.39, 0.29) is 24.2 Å². The van der Waals surface area contributed by atoms with Crippen LogP contribution in [0.2, 0.25) is 0 Å². The number of hydrogen-bond acceptors (Lipinski definition) is 8. The third-order valence-electron chi connectivity index (χ3n) is 4.26. The van der Waals surface area contributed by atoms with E-state index >= 15 is 0 Å². The summed E-state index contributed by atoms with van der Waals surface area (Å²) in [5, 5.41) is 24.0. The van der Waals surface area contributed by atoms with Gasteiger partial charge < -0.3 is 15.2 Å². The Morgan fingerprint density at radius 3 is 2.70 bits per heavy atom. The summed E-state index contributed by atoms with van der Waals surface area (Å²) in [7, 11) is 0. The first-order valence-electron chi connectivity index (χ1n) is 9.90. The number of halogens is 1. The average molecular weight is 552 g/mol. The molecule has 0 aliphatic heterocycles. The van der Waals surface area contributed by atoms with Crippen molar-refractivity contribution >= 4 is 66.8 Å². The Morgan fingerprint density at radius 1 is 1.39 bits per heavy atom. The molecule has 0 aliphatic carbocycles. The van der Waals surface area contributed by atoms with Crippen LogP contribution >= 0.6 is 38.6 Å². The number of hydrogen-bond donors (Lipinski definition) is 2. The summed E-state index contributed by atoms with van der Waals surface area (Å²) in [4.78, 5) is 35.5. The molecule has 0 saturated carbocycles. The minimum Gasteiger partial charge on any atom is -0.465 e. The Bertz CT molecular complexity index is 1210. The number of carbonyl (C=O) groups is 2. The molecule has 174 valence electrons. The van der Waals surface area contributed by atoms with Crippen molar-refractivity contribution in [3.05, 3.63) is 37.6 Å². The van der Waals surface area contributed by atoms with Gasteiger partial charge in [-0.25, -0.2) is 14.6 Å². The van der Waals surface area contributed by atoms with Gasteiger partial charge in [0.05, 0.1) is 15.7 Å². The maximum absolute atomic E-state index is 12.1. The fraction of sp³-hybridized carbons (Fsp3) is 0.381. The summed E-state index contributed by atoms with van der Waals surface area (Å²) >= 11 is 6.30. The van der Waals surface area contributed by atoms with Gasteiger partial charge in [0.15, 0.2) is 5.82 Å². The topological polar surface area (TPSA) is 128 Å². The number of nitriles is 1. The smallest absolute Gasteiger partial charge is 0.413 e. The fourth-order valence-electron chi connectivity index (χ4n) is 2.98. The van der Waals surface area contributed by atoms with Crippen molar-refractivity contribution in [1.82, 2.24) is 15.3 Å². The van der Waals surface area contributed by atoms with Crippen molar-refractivity contribution in [2.75, 3.05) is 4.90 Å². The number of fused-ring (bicyclic) bond motifs is 1. The molecule has 0 spiro atoms. The molecule has 3 heterocycles. The van der Waals surface area contributed by atoms with E-state index in [0.717, 1.165) is 14.7 Å². The highest BCUT2D eigenvalue weighted by Crippen LogP contribution is 2.40. The first-order valence-corrected chi connectivity index (χ1v) is 12.4. The Hall–Kier alpha value is -2.75. The number of nitrogens with zero attached hydrogens (tertiary/aromatic N) is 4. The highest BCUT2D eigenvalue weighted by molar-refractivity contribution is 9.10. The van der Waals surface area contributed by atoms with E-state index in [1.54, 1.807) is 20.8 Å². The lowest BCUT2D eigenvalue weighted by atomic mass is 10.2. The SMILES string of the molecule is C[C@@H](Cc1sc2c(N(Cc3cccs3)C(=O)O)nc(C#N)nc2c1Br)NC(=O)OC(C)(C)C. The van der Waals surface area contributed by atoms with Crippen LogP contribution in [0, 0.1) is 11.3 Å². The Kier molecular flexibility index (Phi) is 7.56. The second-order valence-electron chi connectivity index (χ2n) is 8.20. The summed E-state index contributed by atoms with van der Waals surface area (Å²) in [5.74, 6) is 0.0297. The number of thiophene rings is 2. The number of rotatable bonds is 6. The van der Waals surface area contributed by atoms with E-state index < -0.39 is 17.8 Å². The van der Waals surface area contributed by atoms with Gasteiger partial charge in [-0.05, 0) is 55.1 Å². The zero-order valence-electron chi connectivity index (χ0n) is 18.4. The lowest BCUT2D eigenvalue weighted by Crippen LogP contribution is -2.38. The highest BCUT2D eigenvalue weighted by atomic mass is 79.9. The maximum atomic E-state index is 12.1. The molecule has 2 amide bonds. The number of aromatic nitrogens is 2. The third kappa shape index (κ3) is 6.19. The zero-order chi connectivity index (χ0) is 24.3. The number of carboxylic acid groups (broad SMARTS) is 1. The van der Waals surface area contributed by atoms with Crippen molar-refractivity contribution in [3.8, 4) is 6.07 Å². The van der Waals surface area contributed by atoms with Gasteiger partial charge >= 0.3 is 12.2 Å². The molecular formula is C21H22BrN5O4S2. The van der Waals surface area contributed by atoms with E-state index in [2.05, 4.69) is 31.2 Å². The van der Waals surface area contributed by atoms with Crippen LogP contribution in [0.25, 0.3) is 10.2 Å². The first kappa shape index (κ1) is 24.9. The third-order valence-corrected chi connectivity index (χ3v) is 7.44. The Morgan fingerprint density at radius 2 is 2.12 bits per heavy atom. The van der Waals surface area contributed by atoms with Crippen molar-refractivity contribution < 1.29 is 19.4 Å². The van der Waals surface area contributed by atoms with Crippen molar-refractivity contribution in [1.29, 1.82) is 5.26 Å². The molecule has 0 saturated heterocycles. The lowest BCUT2D eigenvalue weighted by Gasteiger charge is -2.21. The van der Waals surface area contributed by atoms with E-state index in [9.17, 15) is 20.0 Å². The quantitative estimate of drug-likeness (QED) is 0.412. The average Bonchev–Trinajstić information content (AvgIpc) is 3.32. The number of alkyl carbamates (subject to hydrolysis) is 1. The van der Waals surface area contributed by atoms with Gasteiger partial charge in [0.25, 0.3) is 0 Å². The largest absolute Gasteiger partial charge is 0.465 e. The van der Waals surface area contributed by atoms with Crippen LogP contribution in [0.5, 0.6) is 0 Å². The number of carbonyl (C=O) groups excluding carboxylic acids is 1. The van der Waals surface area contributed by atoms with Crippen molar-refractivity contribution in [2.24, 2.45) is 0 Å². The number of anilines is 1. The highest BCUT2D eigenvalue weighted by Gasteiger charge is 2.26. The second-order valence-corrected chi connectivity index (χ2v) is 11.1. The molecule has 3 aromatic heterocycles. The first-order chi connectivity index (χ1) is 15.5. The van der Waals surface area contributed by atoms with Crippen LogP contribution in [0.4, 0.5) is 15.4 Å². The lowest BCUT2D eigenvalue weighted by molar-refractivity contribution is 0.0508. The molecule has 0 radical (unpaired) electrons. The summed E-state index contributed by atoms with van der Waals surface area (Å²) in [5.41, 5.74) is -0.151. The standard InChI is InChI=1S/C21H22BrN5O4S2/c1-11(24-19(28)31-21(2,3)4)8-13-15(22)16-17(33-13)18(26-14(9-23)25-16)27(20(29)30)10-12-6-5-7-32-12/h5-7,11H,8,10H2,1-4H3,(H,24,28)(H,29,30)/t11-/m0/s1. The van der Waals surface area contributed by atoms with Crippen molar-refractivity contribution in [3.63, 3.8) is 0 Å². The number of ether oxygens (including phenoxy) is 1. The summed E-state index contributed by atoms with van der Waals surface area (Å²) in [6, 6.07) is 5.32. The van der Waals surface area contributed by atoms with E-state index in [1.165, 1.54) is 22.7 Å². The van der Waals surface area contributed by atoms with Gasteiger partial charge in [-0.15, -0.1) is 22.7 Å². The second kappa shape index (κ2) is 10.0. The molecule has 0 fully saturated rings. The van der Waals surface area contributed by atoms with Crippen LogP contribution in [0.3, 0.4) is 0 Å². The Balaban J connectivity index is 1.96. The van der Waals surface area contributed by atoms with Crippen LogP contribution in [0.1, 0.15) is 43.3 Å². The van der Waals surface area contributed by atoms with Gasteiger partial charge in [0, 0.05) is 22.2 Å². The maximum Gasteiger partial charge on any atom is 0.413 e. The summed E-state index contributed by atoms with van der Waals surface area (Å²) in [6.45, 7) is 7.31. The van der Waals surface area contributed by atoms with E-state index in [4.69, 9.17) is 4.74 Å². The molecule has 9 nitrogen and oxygen atoms in total. The molecular weight excluding hydrogens is 530 g/mol.